The van der Waals surface area contributed by atoms with Crippen LogP contribution in [0.5, 0.6) is 5.75 Å². The van der Waals surface area contributed by atoms with E-state index in [0.717, 1.165) is 11.1 Å². The Labute approximate surface area is 308 Å². The second-order valence-electron chi connectivity index (χ2n) is 11.3. The van der Waals surface area contributed by atoms with Gasteiger partial charge in [0.2, 0.25) is 5.91 Å². The zero-order valence-electron chi connectivity index (χ0n) is 27.9. The number of benzene rings is 5. The van der Waals surface area contributed by atoms with Crippen molar-refractivity contribution in [2.45, 2.75) is 17.1 Å². The lowest BCUT2D eigenvalue weighted by atomic mass is 10.1. The highest BCUT2D eigenvalue weighted by molar-refractivity contribution is 8.00. The summed E-state index contributed by atoms with van der Waals surface area (Å²) in [6.07, 6.45) is 1.58. The quantitative estimate of drug-likeness (QED) is 0.0809. The van der Waals surface area contributed by atoms with Crippen molar-refractivity contribution in [1.29, 1.82) is 0 Å². The van der Waals surface area contributed by atoms with E-state index >= 15 is 0 Å². The van der Waals surface area contributed by atoms with E-state index in [1.807, 2.05) is 55.5 Å². The van der Waals surface area contributed by atoms with Crippen LogP contribution in [0.4, 0.5) is 15.2 Å². The van der Waals surface area contributed by atoms with Crippen LogP contribution in [-0.2, 0) is 9.59 Å². The fourth-order valence-electron chi connectivity index (χ4n) is 5.12. The van der Waals surface area contributed by atoms with E-state index in [1.54, 1.807) is 84.3 Å². The summed E-state index contributed by atoms with van der Waals surface area (Å²) >= 11 is 2.59. The van der Waals surface area contributed by atoms with Crippen LogP contribution in [0.1, 0.15) is 33.7 Å². The van der Waals surface area contributed by atoms with E-state index in [2.05, 4.69) is 20.9 Å². The molecular weight excluding hydrogens is 696 g/mol. The first-order valence-corrected chi connectivity index (χ1v) is 18.1. The topological polar surface area (TPSA) is 109 Å². The lowest BCUT2D eigenvalue weighted by Gasteiger charge is -2.17. The summed E-state index contributed by atoms with van der Waals surface area (Å²) in [7, 11) is 0. The molecule has 52 heavy (non-hydrogen) atoms. The van der Waals surface area contributed by atoms with Gasteiger partial charge in [-0.1, -0.05) is 72.8 Å². The molecule has 0 bridgehead atoms. The van der Waals surface area contributed by atoms with Gasteiger partial charge in [-0.15, -0.1) is 23.1 Å². The van der Waals surface area contributed by atoms with E-state index in [-0.39, 0.29) is 17.4 Å². The normalized spacial score (nSPS) is 11.7. The van der Waals surface area contributed by atoms with Gasteiger partial charge in [0.05, 0.1) is 12.3 Å². The molecule has 3 N–H and O–H groups in total. The maximum absolute atomic E-state index is 13.8. The summed E-state index contributed by atoms with van der Waals surface area (Å²) in [4.78, 5) is 46.0. The van der Waals surface area contributed by atoms with E-state index in [1.165, 1.54) is 35.2 Å². The molecule has 0 aliphatic carbocycles. The number of thiazole rings is 1. The molecule has 6 rings (SSSR count). The highest BCUT2D eigenvalue weighted by Crippen LogP contribution is 2.38. The van der Waals surface area contributed by atoms with Crippen molar-refractivity contribution in [3.63, 3.8) is 0 Å². The molecule has 1 unspecified atom stereocenters. The van der Waals surface area contributed by atoms with Crippen molar-refractivity contribution in [1.82, 2.24) is 10.3 Å². The van der Waals surface area contributed by atoms with Crippen molar-refractivity contribution >= 4 is 57.7 Å². The number of rotatable bonds is 13. The highest BCUT2D eigenvalue weighted by atomic mass is 32.2. The lowest BCUT2D eigenvalue weighted by Crippen LogP contribution is -2.30. The van der Waals surface area contributed by atoms with E-state index in [0.29, 0.717) is 44.9 Å². The van der Waals surface area contributed by atoms with Crippen LogP contribution in [0.25, 0.3) is 17.3 Å². The molecule has 260 valence electrons. The van der Waals surface area contributed by atoms with Crippen LogP contribution in [0.15, 0.2) is 149 Å². The maximum Gasteiger partial charge on any atom is 0.272 e. The van der Waals surface area contributed by atoms with Crippen molar-refractivity contribution in [2.75, 3.05) is 17.2 Å². The Balaban J connectivity index is 1.22. The summed E-state index contributed by atoms with van der Waals surface area (Å²) < 4.78 is 19.2. The number of aromatic nitrogens is 1. The number of ether oxygens (including phenoxy) is 1. The van der Waals surface area contributed by atoms with Gasteiger partial charge < -0.3 is 20.7 Å². The van der Waals surface area contributed by atoms with Gasteiger partial charge in [-0.3, -0.25) is 14.4 Å². The fraction of sp³-hybridized carbons (Fsp3) is 0.0732. The summed E-state index contributed by atoms with van der Waals surface area (Å²) in [5, 5.41) is 10.2. The van der Waals surface area contributed by atoms with Crippen molar-refractivity contribution < 1.29 is 23.5 Å². The summed E-state index contributed by atoms with van der Waals surface area (Å²) in [6, 6.07) is 38.4. The molecule has 8 nitrogen and oxygen atoms in total. The monoisotopic (exact) mass is 728 g/mol. The Kier molecular flexibility index (Phi) is 11.9. The Morgan fingerprint density at radius 1 is 0.846 bits per heavy atom. The fourth-order valence-corrected chi connectivity index (χ4v) is 6.93. The zero-order chi connectivity index (χ0) is 36.3. The largest absolute Gasteiger partial charge is 0.493 e. The molecule has 1 heterocycles. The van der Waals surface area contributed by atoms with Crippen LogP contribution in [0.2, 0.25) is 0 Å². The molecule has 11 heteroatoms. The minimum Gasteiger partial charge on any atom is -0.493 e. The number of hydrogen-bond donors (Lipinski definition) is 3. The van der Waals surface area contributed by atoms with Crippen LogP contribution < -0.4 is 20.7 Å². The van der Waals surface area contributed by atoms with E-state index in [4.69, 9.17) is 4.74 Å². The van der Waals surface area contributed by atoms with Crippen LogP contribution in [0, 0.1) is 5.82 Å². The summed E-state index contributed by atoms with van der Waals surface area (Å²) in [5.41, 5.74) is 3.63. The molecule has 1 atom stereocenters. The Hall–Kier alpha value is -6.04. The number of hydrogen-bond acceptors (Lipinski definition) is 7. The highest BCUT2D eigenvalue weighted by Gasteiger charge is 2.24. The Bertz CT molecular complexity index is 2190. The predicted octanol–water partition coefficient (Wildman–Crippen LogP) is 9.23. The molecule has 6 aromatic rings. The number of nitrogens with one attached hydrogen (secondary N) is 3. The van der Waals surface area contributed by atoms with Crippen molar-refractivity contribution in [3.05, 3.63) is 167 Å². The summed E-state index contributed by atoms with van der Waals surface area (Å²) in [5.74, 6) is -1.05. The second-order valence-corrected chi connectivity index (χ2v) is 13.3. The number of anilines is 2. The number of nitrogens with zero attached hydrogens (tertiary/aromatic N) is 1. The molecule has 0 aliphatic rings. The molecule has 5 aromatic carbocycles. The van der Waals surface area contributed by atoms with Crippen LogP contribution in [0.3, 0.4) is 0 Å². The Morgan fingerprint density at radius 3 is 2.31 bits per heavy atom. The molecule has 0 fully saturated rings. The molecule has 0 radical (unpaired) electrons. The second kappa shape index (κ2) is 17.3. The number of carbonyl (C=O) groups excluding carboxylic acids is 3. The van der Waals surface area contributed by atoms with Crippen LogP contribution in [-0.4, -0.2) is 29.3 Å². The first kappa shape index (κ1) is 35.8. The van der Waals surface area contributed by atoms with Crippen LogP contribution >= 0.6 is 23.1 Å². The zero-order valence-corrected chi connectivity index (χ0v) is 29.5. The molecular formula is C41H33FN4O4S2. The van der Waals surface area contributed by atoms with Crippen molar-refractivity contribution in [3.8, 4) is 17.0 Å². The molecule has 3 amide bonds. The van der Waals surface area contributed by atoms with Gasteiger partial charge in [-0.2, -0.15) is 0 Å². The maximum atomic E-state index is 13.8. The smallest absolute Gasteiger partial charge is 0.272 e. The number of carbonyl (C=O) groups is 3. The summed E-state index contributed by atoms with van der Waals surface area (Å²) in [6.45, 7) is 2.29. The first-order chi connectivity index (χ1) is 25.4. The molecule has 0 saturated heterocycles. The van der Waals surface area contributed by atoms with Crippen molar-refractivity contribution in [2.24, 2.45) is 0 Å². The van der Waals surface area contributed by atoms with Gasteiger partial charge in [0, 0.05) is 32.7 Å². The van der Waals surface area contributed by atoms with Gasteiger partial charge in [0.25, 0.3) is 11.8 Å². The third kappa shape index (κ3) is 9.39. The molecule has 1 aromatic heterocycles. The third-order valence-corrected chi connectivity index (χ3v) is 9.61. The van der Waals surface area contributed by atoms with Gasteiger partial charge in [0.1, 0.15) is 22.5 Å². The average Bonchev–Trinajstić information content (AvgIpc) is 3.63. The van der Waals surface area contributed by atoms with E-state index in [9.17, 15) is 18.8 Å². The standard InChI is InChI=1S/C41H33FN4O4S2/c1-2-50-36-19-10-9-16-30(36)24-34(44-38(47)29-14-7-4-8-15-29)39(48)43-32-17-11-18-33(25-32)52-37(28-12-5-3-6-13-28)40(49)46-41-45-35(26-51-41)27-20-22-31(42)23-21-27/h3-26,37H,2H2,1H3,(H,43,48)(H,44,47)(H,45,46,49)/b34-24+. The minimum absolute atomic E-state index is 0.0176. The van der Waals surface area contributed by atoms with Gasteiger partial charge >= 0.3 is 0 Å². The van der Waals surface area contributed by atoms with Gasteiger partial charge in [-0.05, 0) is 79.2 Å². The molecule has 0 spiro atoms. The van der Waals surface area contributed by atoms with Gasteiger partial charge in [-0.25, -0.2) is 9.37 Å². The molecule has 0 aliphatic heterocycles. The Morgan fingerprint density at radius 2 is 1.56 bits per heavy atom. The number of para-hydroxylation sites is 1. The number of thioether (sulfide) groups is 1. The number of amides is 3. The predicted molar refractivity (Wildman–Crippen MR) is 206 cm³/mol. The number of halogens is 1. The average molecular weight is 729 g/mol. The minimum atomic E-state index is -0.666. The molecule has 0 saturated carbocycles. The SMILES string of the molecule is CCOc1ccccc1/C=C(/NC(=O)c1ccccc1)C(=O)Nc1cccc(SC(C(=O)Nc2nc(-c3ccc(F)cc3)cs2)c2ccccc2)c1. The van der Waals surface area contributed by atoms with E-state index < -0.39 is 17.1 Å². The van der Waals surface area contributed by atoms with Gasteiger partial charge in [0.15, 0.2) is 5.13 Å². The lowest BCUT2D eigenvalue weighted by molar-refractivity contribution is -0.116. The third-order valence-electron chi connectivity index (χ3n) is 7.61. The first-order valence-electron chi connectivity index (χ1n) is 16.3.